The number of hydrogen-bond donors (Lipinski definition) is 0. The zero-order valence-electron chi connectivity index (χ0n) is 11.4. The van der Waals surface area contributed by atoms with Crippen molar-refractivity contribution in [2.75, 3.05) is 7.11 Å². The summed E-state index contributed by atoms with van der Waals surface area (Å²) in [7, 11) is 1.33. The number of rotatable bonds is 2. The van der Waals surface area contributed by atoms with E-state index < -0.39 is 5.97 Å². The first-order valence-corrected chi connectivity index (χ1v) is 7.06. The Morgan fingerprint density at radius 3 is 2.95 bits per heavy atom. The van der Waals surface area contributed by atoms with Crippen LogP contribution in [0.15, 0.2) is 41.0 Å². The molecule has 0 saturated heterocycles. The van der Waals surface area contributed by atoms with E-state index in [1.807, 2.05) is 6.07 Å². The van der Waals surface area contributed by atoms with Crippen molar-refractivity contribution >= 4 is 32.8 Å². The van der Waals surface area contributed by atoms with Crippen LogP contribution in [0.5, 0.6) is 0 Å². The molecule has 0 amide bonds. The van der Waals surface area contributed by atoms with Crippen LogP contribution in [0.4, 0.5) is 0 Å². The lowest BCUT2D eigenvalue weighted by Crippen LogP contribution is -2.01. The highest BCUT2D eigenvalue weighted by atomic mass is 79.9. The first-order valence-electron chi connectivity index (χ1n) is 6.27. The predicted octanol–water partition coefficient (Wildman–Crippen LogP) is 2.84. The molecule has 0 fully saturated rings. The number of pyridine rings is 1. The summed E-state index contributed by atoms with van der Waals surface area (Å²) >= 11 is 3.35. The quantitative estimate of drug-likeness (QED) is 0.659. The Balaban J connectivity index is 2.21. The number of aromatic nitrogens is 3. The lowest BCUT2D eigenvalue weighted by molar-refractivity contribution is 0.0603. The van der Waals surface area contributed by atoms with Crippen LogP contribution in [0.2, 0.25) is 0 Å². The number of ether oxygens (including phenoxy) is 1. The van der Waals surface area contributed by atoms with E-state index in [1.165, 1.54) is 11.8 Å². The van der Waals surface area contributed by atoms with E-state index in [2.05, 4.69) is 26.0 Å². The zero-order chi connectivity index (χ0) is 15.7. The third-order valence-corrected chi connectivity index (χ3v) is 3.54. The summed E-state index contributed by atoms with van der Waals surface area (Å²) in [6.07, 6.45) is 1.69. The van der Waals surface area contributed by atoms with E-state index in [4.69, 9.17) is 10.00 Å². The molecule has 0 radical (unpaired) electrons. The summed E-state index contributed by atoms with van der Waals surface area (Å²) in [4.78, 5) is 16.1. The van der Waals surface area contributed by atoms with Crippen LogP contribution in [0.1, 0.15) is 16.1 Å². The molecule has 0 aliphatic heterocycles. The Bertz CT molecular complexity index is 927. The first kappa shape index (κ1) is 14.2. The Labute approximate surface area is 134 Å². The molecular weight excluding hydrogens is 348 g/mol. The smallest absolute Gasteiger partial charge is 0.338 e. The Kier molecular flexibility index (Phi) is 3.61. The topological polar surface area (TPSA) is 80.8 Å². The minimum Gasteiger partial charge on any atom is -0.465 e. The van der Waals surface area contributed by atoms with Gasteiger partial charge in [0, 0.05) is 16.1 Å². The summed E-state index contributed by atoms with van der Waals surface area (Å²) in [5.41, 5.74) is 1.33. The van der Waals surface area contributed by atoms with E-state index in [9.17, 15) is 4.79 Å². The van der Waals surface area contributed by atoms with E-state index in [-0.39, 0.29) is 0 Å². The fourth-order valence-corrected chi connectivity index (χ4v) is 2.54. The number of halogens is 1. The maximum absolute atomic E-state index is 11.9. The molecule has 2 heterocycles. The molecule has 22 heavy (non-hydrogen) atoms. The second-order valence-corrected chi connectivity index (χ2v) is 5.36. The highest BCUT2D eigenvalue weighted by molar-refractivity contribution is 9.10. The molecule has 7 heteroatoms. The normalized spacial score (nSPS) is 10.4. The van der Waals surface area contributed by atoms with Gasteiger partial charge >= 0.3 is 5.97 Å². The van der Waals surface area contributed by atoms with Crippen molar-refractivity contribution in [2.45, 2.75) is 0 Å². The van der Waals surface area contributed by atoms with Crippen LogP contribution in [0.3, 0.4) is 0 Å². The second-order valence-electron chi connectivity index (χ2n) is 4.44. The van der Waals surface area contributed by atoms with Crippen molar-refractivity contribution in [3.05, 3.63) is 52.3 Å². The fraction of sp³-hybridized carbons (Fsp3) is 0.0667. The minimum atomic E-state index is -0.440. The van der Waals surface area contributed by atoms with Crippen molar-refractivity contribution in [1.82, 2.24) is 14.8 Å². The highest BCUT2D eigenvalue weighted by Crippen LogP contribution is 2.25. The summed E-state index contributed by atoms with van der Waals surface area (Å²) in [6.45, 7) is 0. The van der Waals surface area contributed by atoms with Crippen LogP contribution in [-0.4, -0.2) is 27.8 Å². The molecule has 108 valence electrons. The van der Waals surface area contributed by atoms with Gasteiger partial charge in [-0.15, -0.1) is 0 Å². The lowest BCUT2D eigenvalue weighted by atomic mass is 10.1. The third-order valence-electron chi connectivity index (χ3n) is 3.08. The second kappa shape index (κ2) is 5.58. The van der Waals surface area contributed by atoms with Crippen molar-refractivity contribution in [3.63, 3.8) is 0 Å². The minimum absolute atomic E-state index is 0.298. The van der Waals surface area contributed by atoms with Gasteiger partial charge < -0.3 is 4.74 Å². The number of methoxy groups -OCH3 is 1. The van der Waals surface area contributed by atoms with Gasteiger partial charge in [0.25, 0.3) is 0 Å². The number of fused-ring (bicyclic) bond motifs is 1. The molecule has 3 rings (SSSR count). The SMILES string of the molecule is COC(=O)c1cc(Br)cc2nn(-c3cccc(C#N)n3)cc12. The van der Waals surface area contributed by atoms with Gasteiger partial charge in [-0.2, -0.15) is 10.4 Å². The maximum Gasteiger partial charge on any atom is 0.338 e. The van der Waals surface area contributed by atoms with Crippen LogP contribution in [0, 0.1) is 11.3 Å². The van der Waals surface area contributed by atoms with Crippen molar-refractivity contribution < 1.29 is 9.53 Å². The molecule has 0 spiro atoms. The fourth-order valence-electron chi connectivity index (χ4n) is 2.10. The summed E-state index contributed by atoms with van der Waals surface area (Å²) in [5, 5.41) is 14.0. The van der Waals surface area contributed by atoms with Crippen LogP contribution in [-0.2, 0) is 4.74 Å². The molecule has 0 aliphatic rings. The van der Waals surface area contributed by atoms with E-state index >= 15 is 0 Å². The molecule has 6 nitrogen and oxygen atoms in total. The molecule has 0 saturated carbocycles. The van der Waals surface area contributed by atoms with E-state index in [0.717, 1.165) is 4.47 Å². The van der Waals surface area contributed by atoms with Gasteiger partial charge in [0.15, 0.2) is 5.82 Å². The number of nitrogens with zero attached hydrogens (tertiary/aromatic N) is 4. The van der Waals surface area contributed by atoms with Crippen molar-refractivity contribution in [3.8, 4) is 11.9 Å². The summed E-state index contributed by atoms with van der Waals surface area (Å²) < 4.78 is 7.05. The number of carbonyl (C=O) groups is 1. The van der Waals surface area contributed by atoms with Crippen LogP contribution < -0.4 is 0 Å². The number of esters is 1. The maximum atomic E-state index is 11.9. The lowest BCUT2D eigenvalue weighted by Gasteiger charge is -2.01. The molecule has 0 unspecified atom stereocenters. The monoisotopic (exact) mass is 356 g/mol. The predicted molar refractivity (Wildman–Crippen MR) is 82.6 cm³/mol. The Morgan fingerprint density at radius 2 is 2.23 bits per heavy atom. The average Bonchev–Trinajstić information content (AvgIpc) is 2.97. The van der Waals surface area contributed by atoms with Crippen LogP contribution >= 0.6 is 15.9 Å². The third kappa shape index (κ3) is 2.44. The number of benzene rings is 1. The van der Waals surface area contributed by atoms with Gasteiger partial charge in [-0.05, 0) is 24.3 Å². The average molecular weight is 357 g/mol. The van der Waals surface area contributed by atoms with E-state index in [0.29, 0.717) is 28.0 Å². The number of carbonyl (C=O) groups excluding carboxylic acids is 1. The van der Waals surface area contributed by atoms with Gasteiger partial charge in [-0.25, -0.2) is 14.5 Å². The molecule has 2 aromatic heterocycles. The Hall–Kier alpha value is -2.72. The largest absolute Gasteiger partial charge is 0.465 e. The number of nitriles is 1. The zero-order valence-corrected chi connectivity index (χ0v) is 13.0. The van der Waals surface area contributed by atoms with Gasteiger partial charge in [-0.1, -0.05) is 22.0 Å². The molecule has 1 aromatic carbocycles. The van der Waals surface area contributed by atoms with Crippen LogP contribution in [0.25, 0.3) is 16.7 Å². The summed E-state index contributed by atoms with van der Waals surface area (Å²) in [5.74, 6) is 0.0618. The first-order chi connectivity index (χ1) is 10.6. The van der Waals surface area contributed by atoms with Gasteiger partial charge in [0.1, 0.15) is 11.8 Å². The van der Waals surface area contributed by atoms with Crippen molar-refractivity contribution in [2.24, 2.45) is 0 Å². The molecule has 3 aromatic rings. The van der Waals surface area contributed by atoms with E-state index in [1.54, 1.807) is 36.5 Å². The summed E-state index contributed by atoms with van der Waals surface area (Å²) in [6, 6.07) is 10.5. The number of hydrogen-bond acceptors (Lipinski definition) is 5. The van der Waals surface area contributed by atoms with Gasteiger partial charge in [0.05, 0.1) is 18.2 Å². The van der Waals surface area contributed by atoms with Gasteiger partial charge in [-0.3, -0.25) is 0 Å². The Morgan fingerprint density at radius 1 is 1.41 bits per heavy atom. The molecular formula is C15H9BrN4O2. The standard InChI is InChI=1S/C15H9BrN4O2/c1-22-15(21)11-5-9(16)6-13-12(11)8-20(19-13)14-4-2-3-10(7-17)18-14/h2-6,8H,1H3. The molecule has 0 bridgehead atoms. The molecule has 0 aliphatic carbocycles. The molecule has 0 atom stereocenters. The van der Waals surface area contributed by atoms with Crippen molar-refractivity contribution in [1.29, 1.82) is 5.26 Å². The van der Waals surface area contributed by atoms with Gasteiger partial charge in [0.2, 0.25) is 0 Å². The molecule has 0 N–H and O–H groups in total. The highest BCUT2D eigenvalue weighted by Gasteiger charge is 2.15.